The Balaban J connectivity index is 2.41. The van der Waals surface area contributed by atoms with Gasteiger partial charge in [-0.3, -0.25) is 4.79 Å². The number of carboxylic acid groups (broad SMARTS) is 1. The van der Waals surface area contributed by atoms with E-state index in [-0.39, 0.29) is 6.04 Å². The minimum atomic E-state index is -1.38. The summed E-state index contributed by atoms with van der Waals surface area (Å²) in [5.74, 6) is -2.21. The molecule has 1 atom stereocenters. The van der Waals surface area contributed by atoms with Crippen LogP contribution in [0.2, 0.25) is 0 Å². The summed E-state index contributed by atoms with van der Waals surface area (Å²) < 4.78 is 0. The van der Waals surface area contributed by atoms with E-state index in [0.29, 0.717) is 0 Å². The van der Waals surface area contributed by atoms with Gasteiger partial charge in [-0.05, 0) is 32.9 Å². The van der Waals surface area contributed by atoms with Crippen molar-refractivity contribution in [2.45, 2.75) is 32.2 Å². The standard InChI is InChI=1S/C11H20N2O3/c1-9(12(2)10(14)11(15)16)8-13-6-4-3-5-7-13/h9H,3-8H2,1-2H3,(H,15,16)/t9-/m1/s1. The molecule has 0 aromatic rings. The minimum Gasteiger partial charge on any atom is -0.474 e. The summed E-state index contributed by atoms with van der Waals surface area (Å²) in [7, 11) is 1.55. The van der Waals surface area contributed by atoms with E-state index >= 15 is 0 Å². The van der Waals surface area contributed by atoms with Gasteiger partial charge in [-0.25, -0.2) is 4.79 Å². The van der Waals surface area contributed by atoms with E-state index < -0.39 is 11.9 Å². The van der Waals surface area contributed by atoms with Gasteiger partial charge in [-0.2, -0.15) is 0 Å². The molecule has 92 valence electrons. The zero-order valence-electron chi connectivity index (χ0n) is 9.98. The van der Waals surface area contributed by atoms with Crippen LogP contribution in [0.5, 0.6) is 0 Å². The molecule has 0 saturated carbocycles. The van der Waals surface area contributed by atoms with E-state index in [0.717, 1.165) is 19.6 Å². The number of likely N-dealkylation sites (tertiary alicyclic amines) is 1. The van der Waals surface area contributed by atoms with Gasteiger partial charge >= 0.3 is 11.9 Å². The number of hydrogen-bond donors (Lipinski definition) is 1. The van der Waals surface area contributed by atoms with Gasteiger partial charge < -0.3 is 14.9 Å². The summed E-state index contributed by atoms with van der Waals surface area (Å²) in [5, 5.41) is 8.60. The first kappa shape index (κ1) is 13.0. The number of carbonyl (C=O) groups is 2. The summed E-state index contributed by atoms with van der Waals surface area (Å²) >= 11 is 0. The number of amides is 1. The second-order valence-corrected chi connectivity index (χ2v) is 4.43. The molecule has 1 rings (SSSR count). The van der Waals surface area contributed by atoms with Crippen LogP contribution in [0.25, 0.3) is 0 Å². The van der Waals surface area contributed by atoms with Gasteiger partial charge in [-0.15, -0.1) is 0 Å². The van der Waals surface area contributed by atoms with Crippen molar-refractivity contribution in [2.75, 3.05) is 26.7 Å². The van der Waals surface area contributed by atoms with E-state index in [9.17, 15) is 9.59 Å². The highest BCUT2D eigenvalue weighted by atomic mass is 16.4. The van der Waals surface area contributed by atoms with Gasteiger partial charge in [0.25, 0.3) is 0 Å². The molecule has 0 spiro atoms. The first-order chi connectivity index (χ1) is 7.52. The van der Waals surface area contributed by atoms with E-state index in [1.165, 1.54) is 24.2 Å². The third kappa shape index (κ3) is 3.48. The molecule has 0 aromatic carbocycles. The van der Waals surface area contributed by atoms with Crippen molar-refractivity contribution in [2.24, 2.45) is 0 Å². The number of nitrogens with zero attached hydrogens (tertiary/aromatic N) is 2. The van der Waals surface area contributed by atoms with Crippen LogP contribution in [0.3, 0.4) is 0 Å². The maximum Gasteiger partial charge on any atom is 0.394 e. The maximum atomic E-state index is 11.2. The number of hydrogen-bond acceptors (Lipinski definition) is 3. The van der Waals surface area contributed by atoms with Crippen molar-refractivity contribution in [1.82, 2.24) is 9.80 Å². The maximum absolute atomic E-state index is 11.2. The fourth-order valence-electron chi connectivity index (χ4n) is 1.99. The fourth-order valence-corrected chi connectivity index (χ4v) is 1.99. The Labute approximate surface area is 96.0 Å². The molecule has 1 aliphatic rings. The molecular weight excluding hydrogens is 208 g/mol. The van der Waals surface area contributed by atoms with Crippen molar-refractivity contribution in [3.8, 4) is 0 Å². The van der Waals surface area contributed by atoms with E-state index in [4.69, 9.17) is 5.11 Å². The lowest BCUT2D eigenvalue weighted by molar-refractivity contribution is -0.156. The van der Waals surface area contributed by atoms with Crippen LogP contribution in [-0.4, -0.2) is 59.5 Å². The summed E-state index contributed by atoms with van der Waals surface area (Å²) in [6.45, 7) is 4.75. The number of likely N-dealkylation sites (N-methyl/N-ethyl adjacent to an activating group) is 1. The van der Waals surface area contributed by atoms with Crippen LogP contribution in [-0.2, 0) is 9.59 Å². The van der Waals surface area contributed by atoms with E-state index in [1.807, 2.05) is 6.92 Å². The van der Waals surface area contributed by atoms with Crippen molar-refractivity contribution in [1.29, 1.82) is 0 Å². The Morgan fingerprint density at radius 1 is 1.31 bits per heavy atom. The Morgan fingerprint density at radius 2 is 1.88 bits per heavy atom. The molecular formula is C11H20N2O3. The molecule has 1 N–H and O–H groups in total. The lowest BCUT2D eigenvalue weighted by Gasteiger charge is -2.32. The number of rotatable bonds is 3. The van der Waals surface area contributed by atoms with Crippen molar-refractivity contribution in [3.63, 3.8) is 0 Å². The van der Waals surface area contributed by atoms with Crippen molar-refractivity contribution < 1.29 is 14.7 Å². The summed E-state index contributed by atoms with van der Waals surface area (Å²) in [4.78, 5) is 25.4. The van der Waals surface area contributed by atoms with Gasteiger partial charge in [0.15, 0.2) is 0 Å². The molecule has 5 heteroatoms. The number of aliphatic carboxylic acids is 1. The number of carbonyl (C=O) groups excluding carboxylic acids is 1. The quantitative estimate of drug-likeness (QED) is 0.710. The monoisotopic (exact) mass is 228 g/mol. The smallest absolute Gasteiger partial charge is 0.394 e. The Hall–Kier alpha value is -1.10. The topological polar surface area (TPSA) is 60.9 Å². The largest absolute Gasteiger partial charge is 0.474 e. The average molecular weight is 228 g/mol. The molecule has 1 amide bonds. The predicted octanol–water partition coefficient (Wildman–Crippen LogP) is 0.404. The molecule has 1 aliphatic heterocycles. The van der Waals surface area contributed by atoms with Gasteiger partial charge in [0.2, 0.25) is 0 Å². The van der Waals surface area contributed by atoms with Crippen LogP contribution in [0.1, 0.15) is 26.2 Å². The first-order valence-electron chi connectivity index (χ1n) is 5.75. The normalized spacial score (nSPS) is 19.1. The van der Waals surface area contributed by atoms with Crippen LogP contribution < -0.4 is 0 Å². The molecule has 0 bridgehead atoms. The van der Waals surface area contributed by atoms with Crippen molar-refractivity contribution in [3.05, 3.63) is 0 Å². The second-order valence-electron chi connectivity index (χ2n) is 4.43. The molecule has 0 aromatic heterocycles. The summed E-state index contributed by atoms with van der Waals surface area (Å²) in [5.41, 5.74) is 0. The second kappa shape index (κ2) is 5.84. The summed E-state index contributed by atoms with van der Waals surface area (Å²) in [6.07, 6.45) is 3.67. The highest BCUT2D eigenvalue weighted by Gasteiger charge is 2.23. The lowest BCUT2D eigenvalue weighted by atomic mass is 10.1. The Kier molecular flexibility index (Phi) is 4.73. The Morgan fingerprint density at radius 3 is 2.38 bits per heavy atom. The van der Waals surface area contributed by atoms with Gasteiger partial charge in [-0.1, -0.05) is 6.42 Å². The molecule has 1 heterocycles. The van der Waals surface area contributed by atoms with E-state index in [1.54, 1.807) is 7.05 Å². The van der Waals surface area contributed by atoms with Crippen molar-refractivity contribution >= 4 is 11.9 Å². The molecule has 1 saturated heterocycles. The molecule has 0 radical (unpaired) electrons. The number of piperidine rings is 1. The zero-order valence-corrected chi connectivity index (χ0v) is 9.98. The third-order valence-electron chi connectivity index (χ3n) is 3.14. The zero-order chi connectivity index (χ0) is 12.1. The van der Waals surface area contributed by atoms with Crippen LogP contribution in [0.15, 0.2) is 0 Å². The molecule has 1 fully saturated rings. The molecule has 0 aliphatic carbocycles. The van der Waals surface area contributed by atoms with Gasteiger partial charge in [0, 0.05) is 19.6 Å². The van der Waals surface area contributed by atoms with E-state index in [2.05, 4.69) is 4.90 Å². The van der Waals surface area contributed by atoms with Gasteiger partial charge in [0.05, 0.1) is 0 Å². The molecule has 16 heavy (non-hydrogen) atoms. The highest BCUT2D eigenvalue weighted by molar-refractivity contribution is 6.31. The predicted molar refractivity (Wildman–Crippen MR) is 60.2 cm³/mol. The fraction of sp³-hybridized carbons (Fsp3) is 0.818. The molecule has 5 nitrogen and oxygen atoms in total. The SMILES string of the molecule is C[C@H](CN1CCCCC1)N(C)C(=O)C(=O)O. The Bertz CT molecular complexity index is 262. The highest BCUT2D eigenvalue weighted by Crippen LogP contribution is 2.10. The first-order valence-corrected chi connectivity index (χ1v) is 5.75. The van der Waals surface area contributed by atoms with Crippen LogP contribution in [0, 0.1) is 0 Å². The third-order valence-corrected chi connectivity index (χ3v) is 3.14. The summed E-state index contributed by atoms with van der Waals surface area (Å²) in [6, 6.07) is -0.0540. The van der Waals surface area contributed by atoms with Gasteiger partial charge in [0.1, 0.15) is 0 Å². The van der Waals surface area contributed by atoms with Crippen LogP contribution in [0.4, 0.5) is 0 Å². The number of carboxylic acids is 1. The molecule has 0 unspecified atom stereocenters. The lowest BCUT2D eigenvalue weighted by Crippen LogP contribution is -2.46. The minimum absolute atomic E-state index is 0.0540. The van der Waals surface area contributed by atoms with Crippen LogP contribution >= 0.6 is 0 Å². The average Bonchev–Trinajstić information content (AvgIpc) is 2.28.